The van der Waals surface area contributed by atoms with Gasteiger partial charge in [0.05, 0.1) is 0 Å². The zero-order valence-electron chi connectivity index (χ0n) is 9.06. The molecule has 0 aliphatic carbocycles. The topological polar surface area (TPSA) is 12.0 Å². The molecule has 0 atom stereocenters. The van der Waals surface area contributed by atoms with Crippen molar-refractivity contribution in [2.45, 2.75) is 33.6 Å². The maximum atomic E-state index is 3.95. The molecule has 1 heteroatoms. The first-order chi connectivity index (χ1) is 6.24. The summed E-state index contributed by atoms with van der Waals surface area (Å²) >= 11 is 0. The Morgan fingerprint density at radius 3 is 2.46 bits per heavy atom. The fourth-order valence-electron chi connectivity index (χ4n) is 1.17. The largest absolute Gasteiger partial charge is 0.389 e. The molecule has 0 saturated carbocycles. The van der Waals surface area contributed by atoms with Gasteiger partial charge in [-0.05, 0) is 33.6 Å². The molecule has 0 aromatic rings. The first kappa shape index (κ1) is 12.0. The van der Waals surface area contributed by atoms with Crippen molar-refractivity contribution in [1.29, 1.82) is 0 Å². The molecule has 0 amide bonds. The second-order valence-electron chi connectivity index (χ2n) is 3.00. The minimum absolute atomic E-state index is 0.966. The molecule has 0 aliphatic rings. The summed E-state index contributed by atoms with van der Waals surface area (Å²) in [4.78, 5) is 0. The van der Waals surface area contributed by atoms with Gasteiger partial charge >= 0.3 is 0 Å². The van der Waals surface area contributed by atoms with Gasteiger partial charge in [0.15, 0.2) is 0 Å². The lowest BCUT2D eigenvalue weighted by Crippen LogP contribution is -2.10. The van der Waals surface area contributed by atoms with Crippen LogP contribution in [0.4, 0.5) is 0 Å². The minimum Gasteiger partial charge on any atom is -0.389 e. The summed E-state index contributed by atoms with van der Waals surface area (Å²) in [6.45, 7) is 11.1. The molecule has 0 aromatic heterocycles. The molecule has 0 radical (unpaired) electrons. The van der Waals surface area contributed by atoms with Crippen molar-refractivity contribution >= 4 is 0 Å². The highest BCUT2D eigenvalue weighted by Gasteiger charge is 1.94. The van der Waals surface area contributed by atoms with Crippen LogP contribution in [-0.2, 0) is 0 Å². The molecule has 13 heavy (non-hydrogen) atoms. The van der Waals surface area contributed by atoms with E-state index >= 15 is 0 Å². The summed E-state index contributed by atoms with van der Waals surface area (Å²) in [6, 6.07) is 0. The predicted molar refractivity (Wildman–Crippen MR) is 60.6 cm³/mol. The Bertz CT molecular complexity index is 199. The van der Waals surface area contributed by atoms with E-state index in [4.69, 9.17) is 0 Å². The molecule has 1 nitrogen and oxygen atoms in total. The number of nitrogens with one attached hydrogen (secondary N) is 1. The first-order valence-corrected chi connectivity index (χ1v) is 4.94. The normalized spacial score (nSPS) is 12.1. The predicted octanol–water partition coefficient (Wildman–Crippen LogP) is 3.41. The van der Waals surface area contributed by atoms with Gasteiger partial charge in [-0.2, -0.15) is 0 Å². The smallest absolute Gasteiger partial charge is 0.0115 e. The standard InChI is InChI=1S/C12H21N/c1-5-8-12(6-2)10-9-11(4)13-7-3/h5-6,8,13H,4,7,9-10H2,1-3H3/b8-5-,12-6+. The fourth-order valence-corrected chi connectivity index (χ4v) is 1.17. The summed E-state index contributed by atoms with van der Waals surface area (Å²) in [6.07, 6.45) is 8.48. The SMILES string of the molecule is C=C(CCC(/C=C\C)=C/C)NCC. The maximum Gasteiger partial charge on any atom is 0.0115 e. The Morgan fingerprint density at radius 2 is 2.00 bits per heavy atom. The van der Waals surface area contributed by atoms with Crippen LogP contribution in [0.2, 0.25) is 0 Å². The molecule has 0 unspecified atom stereocenters. The Morgan fingerprint density at radius 1 is 1.31 bits per heavy atom. The van der Waals surface area contributed by atoms with E-state index in [1.54, 1.807) is 0 Å². The van der Waals surface area contributed by atoms with Gasteiger partial charge in [0.1, 0.15) is 0 Å². The third-order valence-corrected chi connectivity index (χ3v) is 1.89. The van der Waals surface area contributed by atoms with Crippen molar-refractivity contribution in [1.82, 2.24) is 5.32 Å². The van der Waals surface area contributed by atoms with Gasteiger partial charge in [0, 0.05) is 12.2 Å². The Hall–Kier alpha value is -0.980. The number of hydrogen-bond acceptors (Lipinski definition) is 1. The van der Waals surface area contributed by atoms with Gasteiger partial charge < -0.3 is 5.32 Å². The lowest BCUT2D eigenvalue weighted by molar-refractivity contribution is 0.778. The van der Waals surface area contributed by atoms with E-state index < -0.39 is 0 Å². The van der Waals surface area contributed by atoms with Crippen molar-refractivity contribution in [2.75, 3.05) is 6.54 Å². The molecule has 0 saturated heterocycles. The molecule has 0 bridgehead atoms. The zero-order chi connectivity index (χ0) is 10.1. The van der Waals surface area contributed by atoms with Crippen LogP contribution >= 0.6 is 0 Å². The van der Waals surface area contributed by atoms with Crippen molar-refractivity contribution in [2.24, 2.45) is 0 Å². The van der Waals surface area contributed by atoms with Crippen LogP contribution in [0.15, 0.2) is 36.1 Å². The van der Waals surface area contributed by atoms with Gasteiger partial charge in [-0.1, -0.05) is 30.4 Å². The highest BCUT2D eigenvalue weighted by molar-refractivity contribution is 5.18. The van der Waals surface area contributed by atoms with Crippen LogP contribution in [0.5, 0.6) is 0 Å². The Labute approximate surface area is 82.2 Å². The Kier molecular flexibility index (Phi) is 7.08. The van der Waals surface area contributed by atoms with Crippen molar-refractivity contribution in [3.63, 3.8) is 0 Å². The second-order valence-corrected chi connectivity index (χ2v) is 3.00. The third-order valence-electron chi connectivity index (χ3n) is 1.89. The van der Waals surface area contributed by atoms with Gasteiger partial charge in [-0.3, -0.25) is 0 Å². The van der Waals surface area contributed by atoms with Gasteiger partial charge in [0.2, 0.25) is 0 Å². The van der Waals surface area contributed by atoms with Crippen LogP contribution < -0.4 is 5.32 Å². The highest BCUT2D eigenvalue weighted by atomic mass is 14.9. The summed E-state index contributed by atoms with van der Waals surface area (Å²) < 4.78 is 0. The van der Waals surface area contributed by atoms with Crippen LogP contribution in [0.1, 0.15) is 33.6 Å². The first-order valence-electron chi connectivity index (χ1n) is 4.94. The summed E-state index contributed by atoms with van der Waals surface area (Å²) in [5, 5.41) is 3.22. The fraction of sp³-hybridized carbons (Fsp3) is 0.500. The van der Waals surface area contributed by atoms with E-state index in [0.717, 1.165) is 25.1 Å². The van der Waals surface area contributed by atoms with Crippen molar-refractivity contribution in [3.8, 4) is 0 Å². The van der Waals surface area contributed by atoms with E-state index in [-0.39, 0.29) is 0 Å². The van der Waals surface area contributed by atoms with E-state index in [2.05, 4.69) is 44.0 Å². The van der Waals surface area contributed by atoms with Crippen LogP contribution in [0, 0.1) is 0 Å². The number of hydrogen-bond donors (Lipinski definition) is 1. The third kappa shape index (κ3) is 6.21. The summed E-state index contributed by atoms with van der Waals surface area (Å²) in [5.41, 5.74) is 2.51. The van der Waals surface area contributed by atoms with E-state index in [9.17, 15) is 0 Å². The molecule has 0 heterocycles. The van der Waals surface area contributed by atoms with E-state index in [1.807, 2.05) is 6.92 Å². The number of rotatable bonds is 6. The van der Waals surface area contributed by atoms with Gasteiger partial charge in [-0.15, -0.1) is 0 Å². The highest BCUT2D eigenvalue weighted by Crippen LogP contribution is 2.09. The quantitative estimate of drug-likeness (QED) is 0.616. The summed E-state index contributed by atoms with van der Waals surface area (Å²) in [5.74, 6) is 0. The monoisotopic (exact) mass is 179 g/mol. The Balaban J connectivity index is 3.79. The van der Waals surface area contributed by atoms with Crippen LogP contribution in [-0.4, -0.2) is 6.54 Å². The van der Waals surface area contributed by atoms with Crippen LogP contribution in [0.3, 0.4) is 0 Å². The number of allylic oxidation sites excluding steroid dienone is 5. The summed E-state index contributed by atoms with van der Waals surface area (Å²) in [7, 11) is 0. The average Bonchev–Trinajstić information content (AvgIpc) is 2.12. The molecule has 0 aromatic carbocycles. The molecular weight excluding hydrogens is 158 g/mol. The van der Waals surface area contributed by atoms with Gasteiger partial charge in [0.25, 0.3) is 0 Å². The molecular formula is C12H21N. The lowest BCUT2D eigenvalue weighted by Gasteiger charge is -2.07. The molecule has 0 spiro atoms. The second kappa shape index (κ2) is 7.66. The van der Waals surface area contributed by atoms with Crippen LogP contribution in [0.25, 0.3) is 0 Å². The molecule has 1 N–H and O–H groups in total. The van der Waals surface area contributed by atoms with Crippen molar-refractivity contribution < 1.29 is 0 Å². The average molecular weight is 179 g/mol. The molecule has 74 valence electrons. The lowest BCUT2D eigenvalue weighted by atomic mass is 10.1. The van der Waals surface area contributed by atoms with Crippen molar-refractivity contribution in [3.05, 3.63) is 36.1 Å². The minimum atomic E-state index is 0.966. The zero-order valence-corrected chi connectivity index (χ0v) is 9.06. The molecule has 0 fully saturated rings. The molecule has 0 aliphatic heterocycles. The van der Waals surface area contributed by atoms with Gasteiger partial charge in [-0.25, -0.2) is 0 Å². The van der Waals surface area contributed by atoms with E-state index in [1.165, 1.54) is 5.57 Å². The van der Waals surface area contributed by atoms with E-state index in [0.29, 0.717) is 0 Å². The molecule has 0 rings (SSSR count). The maximum absolute atomic E-state index is 3.95.